The van der Waals surface area contributed by atoms with Crippen LogP contribution in [-0.4, -0.2) is 94.1 Å². The topological polar surface area (TPSA) is 103 Å². The van der Waals surface area contributed by atoms with Crippen LogP contribution in [0.3, 0.4) is 0 Å². The quantitative estimate of drug-likeness (QED) is 0.423. The van der Waals surface area contributed by atoms with Crippen LogP contribution in [0.15, 0.2) is 54.6 Å². The van der Waals surface area contributed by atoms with Crippen molar-refractivity contribution in [1.29, 1.82) is 0 Å². The van der Waals surface area contributed by atoms with Gasteiger partial charge in [0.1, 0.15) is 11.6 Å². The van der Waals surface area contributed by atoms with Crippen molar-refractivity contribution in [3.05, 3.63) is 82.9 Å². The van der Waals surface area contributed by atoms with E-state index < -0.39 is 23.4 Å². The third-order valence-electron chi connectivity index (χ3n) is 7.77. The van der Waals surface area contributed by atoms with Gasteiger partial charge >= 0.3 is 0 Å². The average molecular weight is 608 g/mol. The van der Waals surface area contributed by atoms with E-state index in [1.54, 1.807) is 46.2 Å². The van der Waals surface area contributed by atoms with Gasteiger partial charge in [-0.3, -0.25) is 14.4 Å². The van der Waals surface area contributed by atoms with E-state index in [1.165, 1.54) is 14.2 Å². The van der Waals surface area contributed by atoms with Gasteiger partial charge in [-0.25, -0.2) is 8.78 Å². The summed E-state index contributed by atoms with van der Waals surface area (Å²) in [6.07, 6.45) is 0.577. The molecule has 44 heavy (non-hydrogen) atoms. The normalized spacial score (nSPS) is 15.4. The number of hydrogen-bond acceptors (Lipinski definition) is 7. The molecule has 3 aromatic rings. The summed E-state index contributed by atoms with van der Waals surface area (Å²) < 4.78 is 38.2. The summed E-state index contributed by atoms with van der Waals surface area (Å²) in [7, 11) is 3.00. The van der Waals surface area contributed by atoms with Crippen molar-refractivity contribution in [2.24, 2.45) is 0 Å². The number of ether oxygens (including phenoxy) is 2. The predicted octanol–water partition coefficient (Wildman–Crippen LogP) is 3.63. The molecule has 2 aliphatic rings. The molecule has 0 aliphatic carbocycles. The number of anilines is 2. The van der Waals surface area contributed by atoms with Gasteiger partial charge in [-0.15, -0.1) is 0 Å². The van der Waals surface area contributed by atoms with E-state index in [0.717, 1.165) is 18.2 Å². The molecular formula is C32H35F2N5O5. The zero-order valence-corrected chi connectivity index (χ0v) is 24.7. The summed E-state index contributed by atoms with van der Waals surface area (Å²) in [6, 6.07) is 12.9. The zero-order chi connectivity index (χ0) is 31.2. The van der Waals surface area contributed by atoms with Gasteiger partial charge in [0.05, 0.1) is 25.6 Å². The van der Waals surface area contributed by atoms with Crippen LogP contribution in [0.1, 0.15) is 37.5 Å². The second kappa shape index (κ2) is 13.7. The standard InChI is InChI=1S/C32H35F2N5O5/c1-43-28-7-5-21(19-29(28)44-2)30(40)36-26-18-22(31(41)39-12-8-35-9-13-39)4-6-27(26)37-10-3-11-38(15-14-37)32(42)23-16-24(33)20-25(34)17-23/h4-7,16-20,35H,3,8-15H2,1-2H3,(H,36,40). The van der Waals surface area contributed by atoms with Crippen molar-refractivity contribution in [2.75, 3.05) is 76.8 Å². The molecule has 0 atom stereocenters. The molecule has 0 aromatic heterocycles. The van der Waals surface area contributed by atoms with Crippen LogP contribution in [0, 0.1) is 11.6 Å². The lowest BCUT2D eigenvalue weighted by atomic mass is 10.1. The number of halogens is 2. The second-order valence-corrected chi connectivity index (χ2v) is 10.6. The number of nitrogens with one attached hydrogen (secondary N) is 2. The minimum absolute atomic E-state index is 0.0467. The predicted molar refractivity (Wildman–Crippen MR) is 162 cm³/mol. The number of piperazine rings is 1. The van der Waals surface area contributed by atoms with Gasteiger partial charge in [0, 0.05) is 75.1 Å². The summed E-state index contributed by atoms with van der Waals surface area (Å²) in [4.78, 5) is 45.3. The fraction of sp³-hybridized carbons (Fsp3) is 0.344. The molecule has 0 saturated carbocycles. The summed E-state index contributed by atoms with van der Waals surface area (Å²) in [5.74, 6) is -1.72. The Bertz CT molecular complexity index is 1530. The molecule has 3 amide bonds. The van der Waals surface area contributed by atoms with Crippen molar-refractivity contribution in [3.8, 4) is 11.5 Å². The molecule has 0 spiro atoms. The molecule has 3 aromatic carbocycles. The number of nitrogens with zero attached hydrogens (tertiary/aromatic N) is 3. The number of rotatable bonds is 7. The number of carbonyl (C=O) groups is 3. The van der Waals surface area contributed by atoms with Gasteiger partial charge < -0.3 is 34.8 Å². The summed E-state index contributed by atoms with van der Waals surface area (Å²) in [5, 5.41) is 6.22. The molecule has 0 radical (unpaired) electrons. The zero-order valence-electron chi connectivity index (χ0n) is 24.7. The first-order chi connectivity index (χ1) is 21.3. The van der Waals surface area contributed by atoms with E-state index in [2.05, 4.69) is 10.6 Å². The Balaban J connectivity index is 1.41. The Hall–Kier alpha value is -4.71. The van der Waals surface area contributed by atoms with Crippen LogP contribution >= 0.6 is 0 Å². The first-order valence-electron chi connectivity index (χ1n) is 14.4. The molecule has 2 heterocycles. The number of methoxy groups -OCH3 is 2. The number of hydrogen-bond donors (Lipinski definition) is 2. The maximum atomic E-state index is 13.8. The van der Waals surface area contributed by atoms with E-state index >= 15 is 0 Å². The van der Waals surface area contributed by atoms with Crippen molar-refractivity contribution in [1.82, 2.24) is 15.1 Å². The Morgan fingerprint density at radius 3 is 2.07 bits per heavy atom. The lowest BCUT2D eigenvalue weighted by Gasteiger charge is -2.29. The van der Waals surface area contributed by atoms with Gasteiger partial charge in [0.25, 0.3) is 17.7 Å². The molecule has 5 rings (SSSR count). The SMILES string of the molecule is COc1ccc(C(=O)Nc2cc(C(=O)N3CCNCC3)ccc2N2CCCN(C(=O)c3cc(F)cc(F)c3)CC2)cc1OC. The van der Waals surface area contributed by atoms with Gasteiger partial charge in [-0.1, -0.05) is 0 Å². The van der Waals surface area contributed by atoms with Crippen LogP contribution < -0.4 is 25.0 Å². The smallest absolute Gasteiger partial charge is 0.255 e. The third-order valence-corrected chi connectivity index (χ3v) is 7.77. The van der Waals surface area contributed by atoms with Crippen molar-refractivity contribution >= 4 is 29.1 Å². The maximum absolute atomic E-state index is 13.8. The lowest BCUT2D eigenvalue weighted by Crippen LogP contribution is -2.46. The fourth-order valence-corrected chi connectivity index (χ4v) is 5.49. The van der Waals surface area contributed by atoms with E-state index in [0.29, 0.717) is 92.8 Å². The van der Waals surface area contributed by atoms with E-state index in [-0.39, 0.29) is 11.5 Å². The minimum Gasteiger partial charge on any atom is -0.493 e. The fourth-order valence-electron chi connectivity index (χ4n) is 5.49. The highest BCUT2D eigenvalue weighted by molar-refractivity contribution is 6.07. The lowest BCUT2D eigenvalue weighted by molar-refractivity contribution is 0.0734. The Kier molecular flexibility index (Phi) is 9.59. The molecule has 12 heteroatoms. The molecular weight excluding hydrogens is 572 g/mol. The minimum atomic E-state index is -0.810. The molecule has 2 fully saturated rings. The molecule has 232 valence electrons. The van der Waals surface area contributed by atoms with Crippen LogP contribution in [-0.2, 0) is 0 Å². The van der Waals surface area contributed by atoms with Gasteiger partial charge in [-0.05, 0) is 55.0 Å². The average Bonchev–Trinajstić information content (AvgIpc) is 3.30. The summed E-state index contributed by atoms with van der Waals surface area (Å²) in [6.45, 7) is 4.20. The van der Waals surface area contributed by atoms with E-state index in [4.69, 9.17) is 9.47 Å². The third kappa shape index (κ3) is 6.91. The second-order valence-electron chi connectivity index (χ2n) is 10.6. The number of benzene rings is 3. The van der Waals surface area contributed by atoms with Crippen molar-refractivity contribution in [2.45, 2.75) is 6.42 Å². The van der Waals surface area contributed by atoms with Crippen molar-refractivity contribution in [3.63, 3.8) is 0 Å². The van der Waals surface area contributed by atoms with Crippen LogP contribution in [0.2, 0.25) is 0 Å². The highest BCUT2D eigenvalue weighted by atomic mass is 19.1. The molecule has 2 N–H and O–H groups in total. The van der Waals surface area contributed by atoms with Crippen molar-refractivity contribution < 1.29 is 32.6 Å². The van der Waals surface area contributed by atoms with Crippen LogP contribution in [0.25, 0.3) is 0 Å². The number of amides is 3. The van der Waals surface area contributed by atoms with E-state index in [9.17, 15) is 23.2 Å². The Morgan fingerprint density at radius 2 is 1.36 bits per heavy atom. The van der Waals surface area contributed by atoms with Gasteiger partial charge in [-0.2, -0.15) is 0 Å². The molecule has 2 aliphatic heterocycles. The maximum Gasteiger partial charge on any atom is 0.255 e. The van der Waals surface area contributed by atoms with Gasteiger partial charge in [0.2, 0.25) is 0 Å². The van der Waals surface area contributed by atoms with Crippen LogP contribution in [0.4, 0.5) is 20.2 Å². The summed E-state index contributed by atoms with van der Waals surface area (Å²) in [5.41, 5.74) is 1.86. The summed E-state index contributed by atoms with van der Waals surface area (Å²) >= 11 is 0. The highest BCUT2D eigenvalue weighted by Crippen LogP contribution is 2.32. The monoisotopic (exact) mass is 607 g/mol. The number of carbonyl (C=O) groups excluding carboxylic acids is 3. The van der Waals surface area contributed by atoms with Gasteiger partial charge in [0.15, 0.2) is 11.5 Å². The first-order valence-corrected chi connectivity index (χ1v) is 14.4. The Morgan fingerprint density at radius 1 is 0.705 bits per heavy atom. The molecule has 0 bridgehead atoms. The molecule has 2 saturated heterocycles. The highest BCUT2D eigenvalue weighted by Gasteiger charge is 2.25. The molecule has 10 nitrogen and oxygen atoms in total. The molecule has 0 unspecified atom stereocenters. The van der Waals surface area contributed by atoms with Crippen LogP contribution in [0.5, 0.6) is 11.5 Å². The van der Waals surface area contributed by atoms with E-state index in [1.807, 2.05) is 4.90 Å². The largest absolute Gasteiger partial charge is 0.493 e. The first kappa shape index (κ1) is 30.7. The Labute approximate surface area is 254 Å².